The zero-order chi connectivity index (χ0) is 10.7. The summed E-state index contributed by atoms with van der Waals surface area (Å²) in [6.07, 6.45) is 1.78. The largest absolute Gasteiger partial charge is 0.330 e. The van der Waals surface area contributed by atoms with E-state index in [9.17, 15) is 4.39 Å². The fourth-order valence-electron chi connectivity index (χ4n) is 1.03. The molecule has 0 N–H and O–H groups in total. The summed E-state index contributed by atoms with van der Waals surface area (Å²) in [5.74, 6) is -0.494. The monoisotopic (exact) mass is 232 g/mol. The first kappa shape index (κ1) is 11.4. The molecule has 0 aliphatic carbocycles. The average Bonchev–Trinajstić information content (AvgIpc) is 2.53. The lowest BCUT2D eigenvalue weighted by molar-refractivity contribution is 0.624. The van der Waals surface area contributed by atoms with Gasteiger partial charge in [-0.25, -0.2) is 9.37 Å². The summed E-state index contributed by atoms with van der Waals surface area (Å²) in [5, 5.41) is -0.0845. The van der Waals surface area contributed by atoms with Crippen molar-refractivity contribution in [3.8, 4) is 0 Å². The van der Waals surface area contributed by atoms with E-state index in [4.69, 9.17) is 11.6 Å². The maximum absolute atomic E-state index is 12.9. The van der Waals surface area contributed by atoms with Crippen LogP contribution in [-0.4, -0.2) is 9.32 Å². The number of pyridine rings is 1. The van der Waals surface area contributed by atoms with Gasteiger partial charge in [0.05, 0.1) is 11.0 Å². The molecule has 2 nitrogen and oxygen atoms in total. The van der Waals surface area contributed by atoms with Crippen molar-refractivity contribution in [3.63, 3.8) is 0 Å². The molecule has 0 spiro atoms. The Labute approximate surface area is 89.3 Å². The van der Waals surface area contributed by atoms with Crippen molar-refractivity contribution in [2.45, 2.75) is 13.8 Å². The molecule has 2 rings (SSSR count). The van der Waals surface area contributed by atoms with E-state index < -0.39 is 5.82 Å². The van der Waals surface area contributed by atoms with Crippen LogP contribution >= 0.6 is 21.0 Å². The van der Waals surface area contributed by atoms with Crippen LogP contribution in [0.15, 0.2) is 18.3 Å². The van der Waals surface area contributed by atoms with Crippen LogP contribution in [0, 0.1) is 5.82 Å². The van der Waals surface area contributed by atoms with Gasteiger partial charge in [0, 0.05) is 12.3 Å². The molecule has 0 fully saturated rings. The molecule has 0 radical (unpaired) electrons. The zero-order valence-electron chi connectivity index (χ0n) is 7.96. The minimum Gasteiger partial charge on any atom is -0.330 e. The number of rotatable bonds is 0. The van der Waals surface area contributed by atoms with E-state index in [1.807, 2.05) is 13.8 Å². The van der Waals surface area contributed by atoms with Gasteiger partial charge in [-0.1, -0.05) is 25.4 Å². The Morgan fingerprint density at radius 1 is 1.50 bits per heavy atom. The second-order valence-electron chi connectivity index (χ2n) is 2.39. The Morgan fingerprint density at radius 3 is 2.79 bits per heavy atom. The number of hydrogen-bond donors (Lipinski definition) is 0. The normalized spacial score (nSPS) is 9.79. The third kappa shape index (κ3) is 2.05. The van der Waals surface area contributed by atoms with Gasteiger partial charge in [-0.2, -0.15) is 0 Å². The van der Waals surface area contributed by atoms with Gasteiger partial charge in [0.25, 0.3) is 0 Å². The molecule has 0 bridgehead atoms. The maximum atomic E-state index is 12.9. The van der Waals surface area contributed by atoms with Gasteiger partial charge in [-0.3, -0.25) is 0 Å². The lowest BCUT2D eigenvalue weighted by Gasteiger charge is -1.96. The Kier molecular flexibility index (Phi) is 3.85. The molecule has 2 aromatic rings. The molecule has 1 atom stereocenters. The molecule has 2 aromatic heterocycles. The summed E-state index contributed by atoms with van der Waals surface area (Å²) in [6.45, 7) is 4.00. The molecule has 2 heterocycles. The van der Waals surface area contributed by atoms with Crippen LogP contribution in [0.5, 0.6) is 0 Å². The predicted octanol–water partition coefficient (Wildman–Crippen LogP) is 3.49. The van der Waals surface area contributed by atoms with Gasteiger partial charge in [0.15, 0.2) is 11.0 Å². The van der Waals surface area contributed by atoms with Crippen LogP contribution in [0.4, 0.5) is 4.39 Å². The standard InChI is InChI=1S/C7H5ClFN2P.C2H6/c8-7-4(9)3-6-5(10-7)1-2-11(6)12;1-2/h1-3H,12H2;1-2H3. The van der Waals surface area contributed by atoms with Gasteiger partial charge in [-0.15, -0.1) is 0 Å². The average molecular weight is 233 g/mol. The van der Waals surface area contributed by atoms with Crippen LogP contribution < -0.4 is 0 Å². The number of aromatic nitrogens is 2. The summed E-state index contributed by atoms with van der Waals surface area (Å²) in [4.78, 5) is 3.85. The van der Waals surface area contributed by atoms with Gasteiger partial charge in [0.2, 0.25) is 0 Å². The minimum absolute atomic E-state index is 0.0845. The lowest BCUT2D eigenvalue weighted by Crippen LogP contribution is -1.84. The molecule has 0 aliphatic rings. The van der Waals surface area contributed by atoms with E-state index in [1.165, 1.54) is 6.07 Å². The summed E-state index contributed by atoms with van der Waals surface area (Å²) in [7, 11) is 2.44. The van der Waals surface area contributed by atoms with Crippen LogP contribution in [-0.2, 0) is 0 Å². The van der Waals surface area contributed by atoms with Crippen molar-refractivity contribution in [3.05, 3.63) is 29.3 Å². The number of halogens is 2. The highest BCUT2D eigenvalue weighted by Gasteiger charge is 2.05. The van der Waals surface area contributed by atoms with Crippen LogP contribution in [0.2, 0.25) is 5.15 Å². The lowest BCUT2D eigenvalue weighted by atomic mass is 10.4. The first-order valence-corrected chi connectivity index (χ1v) is 5.16. The number of fused-ring (bicyclic) bond motifs is 1. The van der Waals surface area contributed by atoms with Crippen molar-refractivity contribution in [2.24, 2.45) is 0 Å². The first-order chi connectivity index (χ1) is 6.68. The van der Waals surface area contributed by atoms with E-state index >= 15 is 0 Å². The van der Waals surface area contributed by atoms with Crippen molar-refractivity contribution in [2.75, 3.05) is 0 Å². The van der Waals surface area contributed by atoms with Crippen molar-refractivity contribution in [1.29, 1.82) is 0 Å². The molecular formula is C9H11ClFN2P. The fourth-order valence-corrected chi connectivity index (χ4v) is 1.47. The van der Waals surface area contributed by atoms with Gasteiger partial charge >= 0.3 is 0 Å². The van der Waals surface area contributed by atoms with E-state index in [0.29, 0.717) is 11.0 Å². The second kappa shape index (κ2) is 4.72. The van der Waals surface area contributed by atoms with Crippen molar-refractivity contribution >= 4 is 32.0 Å². The van der Waals surface area contributed by atoms with E-state index in [2.05, 4.69) is 14.4 Å². The highest BCUT2D eigenvalue weighted by Crippen LogP contribution is 2.21. The maximum Gasteiger partial charge on any atom is 0.165 e. The molecule has 0 saturated carbocycles. The summed E-state index contributed by atoms with van der Waals surface area (Å²) in [5.41, 5.74) is 1.40. The molecule has 5 heteroatoms. The smallest absolute Gasteiger partial charge is 0.165 e. The Hall–Kier alpha value is -0.660. The SMILES string of the molecule is CC.Fc1cc2c(ccn2P)nc1Cl. The zero-order valence-corrected chi connectivity index (χ0v) is 9.87. The van der Waals surface area contributed by atoms with Crippen LogP contribution in [0.3, 0.4) is 0 Å². The Bertz CT molecular complexity index is 442. The van der Waals surface area contributed by atoms with Crippen LogP contribution in [0.1, 0.15) is 13.8 Å². The van der Waals surface area contributed by atoms with E-state index in [1.54, 1.807) is 16.6 Å². The topological polar surface area (TPSA) is 17.8 Å². The minimum atomic E-state index is -0.494. The van der Waals surface area contributed by atoms with Crippen molar-refractivity contribution in [1.82, 2.24) is 9.32 Å². The first-order valence-electron chi connectivity index (χ1n) is 4.26. The third-order valence-corrected chi connectivity index (χ3v) is 2.33. The highest BCUT2D eigenvalue weighted by atomic mass is 35.5. The molecule has 1 unspecified atom stereocenters. The number of nitrogens with zero attached hydrogens (tertiary/aromatic N) is 2. The molecule has 0 aliphatic heterocycles. The second-order valence-corrected chi connectivity index (χ2v) is 3.30. The van der Waals surface area contributed by atoms with Crippen molar-refractivity contribution < 1.29 is 4.39 Å². The molecule has 0 aromatic carbocycles. The molecule has 0 amide bonds. The molecular weight excluding hydrogens is 222 g/mol. The quantitative estimate of drug-likeness (QED) is 0.502. The van der Waals surface area contributed by atoms with E-state index in [0.717, 1.165) is 0 Å². The van der Waals surface area contributed by atoms with E-state index in [-0.39, 0.29) is 5.15 Å². The highest BCUT2D eigenvalue weighted by molar-refractivity contribution is 7.14. The van der Waals surface area contributed by atoms with Gasteiger partial charge in [0.1, 0.15) is 0 Å². The summed E-state index contributed by atoms with van der Waals surface area (Å²) >= 11 is 5.49. The third-order valence-electron chi connectivity index (χ3n) is 1.61. The van der Waals surface area contributed by atoms with Gasteiger partial charge in [-0.05, 0) is 15.5 Å². The number of hydrogen-bond acceptors (Lipinski definition) is 1. The summed E-state index contributed by atoms with van der Waals surface area (Å²) in [6, 6.07) is 3.13. The Morgan fingerprint density at radius 2 is 2.14 bits per heavy atom. The predicted molar refractivity (Wildman–Crippen MR) is 61.2 cm³/mol. The summed E-state index contributed by atoms with van der Waals surface area (Å²) < 4.78 is 14.6. The fraction of sp³-hybridized carbons (Fsp3) is 0.222. The Balaban J connectivity index is 0.000000461. The van der Waals surface area contributed by atoms with Crippen LogP contribution in [0.25, 0.3) is 11.0 Å². The molecule has 14 heavy (non-hydrogen) atoms. The van der Waals surface area contributed by atoms with Gasteiger partial charge < -0.3 is 4.34 Å². The molecule has 76 valence electrons. The molecule has 0 saturated heterocycles.